The number of fused-ring (bicyclic) bond motifs is 5. The van der Waals surface area contributed by atoms with Crippen LogP contribution in [0.3, 0.4) is 0 Å². The van der Waals surface area contributed by atoms with Gasteiger partial charge in [0.15, 0.2) is 11.6 Å². The zero-order valence-electron chi connectivity index (χ0n) is 11.3. The lowest BCUT2D eigenvalue weighted by Crippen LogP contribution is -2.64. The highest BCUT2D eigenvalue weighted by Gasteiger charge is 2.68. The van der Waals surface area contributed by atoms with Gasteiger partial charge >= 0.3 is 0 Å². The lowest BCUT2D eigenvalue weighted by molar-refractivity contribution is -0.162. The Morgan fingerprint density at radius 1 is 1.21 bits per heavy atom. The minimum atomic E-state index is -0.879. The minimum Gasteiger partial charge on any atom is -0.369 e. The Morgan fingerprint density at radius 2 is 1.89 bits per heavy atom. The highest BCUT2D eigenvalue weighted by Crippen LogP contribution is 2.57. The normalized spacial score (nSPS) is 47.8. The minimum absolute atomic E-state index is 0.0846. The maximum atomic E-state index is 13.0. The first-order valence-corrected chi connectivity index (χ1v) is 9.06. The monoisotopic (exact) mass is 298 g/mol. The molecule has 0 aliphatic heterocycles. The molecule has 3 aliphatic rings. The number of ether oxygens (including phenoxy) is 1. The van der Waals surface area contributed by atoms with Gasteiger partial charge in [-0.05, 0) is 24.9 Å². The van der Waals surface area contributed by atoms with Crippen molar-refractivity contribution in [3.05, 3.63) is 12.2 Å². The quantitative estimate of drug-likeness (QED) is 0.744. The number of hydrogen-bond acceptors (Lipinski definition) is 5. The molecule has 2 fully saturated rings. The van der Waals surface area contributed by atoms with Crippen molar-refractivity contribution >= 4 is 35.1 Å². The second kappa shape index (κ2) is 4.64. The lowest BCUT2D eigenvalue weighted by Gasteiger charge is -2.46. The summed E-state index contributed by atoms with van der Waals surface area (Å²) >= 11 is 2.99. The van der Waals surface area contributed by atoms with Gasteiger partial charge in [-0.15, -0.1) is 0 Å². The first-order chi connectivity index (χ1) is 9.11. The summed E-state index contributed by atoms with van der Waals surface area (Å²) in [5, 5.41) is -0.491. The van der Waals surface area contributed by atoms with E-state index in [1.807, 2.05) is 12.5 Å². The molecule has 0 aromatic heterocycles. The number of carbonyl (C=O) groups is 2. The number of methoxy groups -OCH3 is 1. The molecule has 0 amide bonds. The molecule has 19 heavy (non-hydrogen) atoms. The van der Waals surface area contributed by atoms with E-state index in [-0.39, 0.29) is 39.8 Å². The SMILES string of the molecule is COC12C(=O)C(SC)C(SC)C(=O)C1C1C=CC2C1. The first kappa shape index (κ1) is 13.7. The zero-order valence-corrected chi connectivity index (χ0v) is 12.9. The van der Waals surface area contributed by atoms with Crippen molar-refractivity contribution in [2.45, 2.75) is 22.5 Å². The van der Waals surface area contributed by atoms with Crippen LogP contribution in [0, 0.1) is 17.8 Å². The van der Waals surface area contributed by atoms with E-state index in [0.29, 0.717) is 0 Å². The second-order valence-corrected chi connectivity index (χ2v) is 7.40. The van der Waals surface area contributed by atoms with Crippen molar-refractivity contribution < 1.29 is 14.3 Å². The van der Waals surface area contributed by atoms with E-state index in [4.69, 9.17) is 4.74 Å². The summed E-state index contributed by atoms with van der Waals surface area (Å²) in [4.78, 5) is 25.8. The van der Waals surface area contributed by atoms with Gasteiger partial charge in [0, 0.05) is 13.0 Å². The van der Waals surface area contributed by atoms with Crippen LogP contribution in [0.5, 0.6) is 0 Å². The van der Waals surface area contributed by atoms with E-state index in [9.17, 15) is 9.59 Å². The van der Waals surface area contributed by atoms with Crippen LogP contribution in [-0.4, -0.2) is 47.3 Å². The van der Waals surface area contributed by atoms with Gasteiger partial charge in [-0.3, -0.25) is 9.59 Å². The molecule has 0 spiro atoms. The molecule has 0 radical (unpaired) electrons. The Hall–Kier alpha value is -0.260. The third-order valence-electron chi connectivity index (χ3n) is 4.91. The van der Waals surface area contributed by atoms with Gasteiger partial charge in [-0.1, -0.05) is 12.2 Å². The number of allylic oxidation sites excluding steroid dienone is 1. The van der Waals surface area contributed by atoms with Crippen molar-refractivity contribution in [2.75, 3.05) is 19.6 Å². The number of rotatable bonds is 3. The van der Waals surface area contributed by atoms with E-state index in [1.54, 1.807) is 7.11 Å². The summed E-state index contributed by atoms with van der Waals surface area (Å²) in [5.74, 6) is 0.356. The average molecular weight is 298 g/mol. The van der Waals surface area contributed by atoms with E-state index in [0.717, 1.165) is 6.42 Å². The predicted molar refractivity (Wildman–Crippen MR) is 78.6 cm³/mol. The molecular weight excluding hydrogens is 280 g/mol. The number of carbonyl (C=O) groups excluding carboxylic acids is 2. The van der Waals surface area contributed by atoms with Gasteiger partial charge in [0.2, 0.25) is 0 Å². The highest BCUT2D eigenvalue weighted by atomic mass is 32.2. The zero-order chi connectivity index (χ0) is 13.8. The molecule has 3 nitrogen and oxygen atoms in total. The molecule has 0 N–H and O–H groups in total. The van der Waals surface area contributed by atoms with Gasteiger partial charge in [0.05, 0.1) is 16.4 Å². The van der Waals surface area contributed by atoms with Crippen LogP contribution in [0.4, 0.5) is 0 Å². The maximum absolute atomic E-state index is 13.0. The van der Waals surface area contributed by atoms with Crippen LogP contribution in [0.1, 0.15) is 6.42 Å². The highest BCUT2D eigenvalue weighted by molar-refractivity contribution is 8.04. The topological polar surface area (TPSA) is 43.4 Å². The Morgan fingerprint density at radius 3 is 2.47 bits per heavy atom. The van der Waals surface area contributed by atoms with Crippen molar-refractivity contribution in [3.63, 3.8) is 0 Å². The van der Waals surface area contributed by atoms with E-state index >= 15 is 0 Å². The van der Waals surface area contributed by atoms with Gasteiger partial charge < -0.3 is 4.74 Å². The Kier molecular flexibility index (Phi) is 3.35. The molecule has 0 saturated heterocycles. The molecule has 6 unspecified atom stereocenters. The van der Waals surface area contributed by atoms with E-state index in [1.165, 1.54) is 23.5 Å². The molecule has 0 aromatic rings. The Bertz CT molecular complexity index is 462. The average Bonchev–Trinajstić information content (AvgIpc) is 3.01. The van der Waals surface area contributed by atoms with Gasteiger partial charge in [-0.2, -0.15) is 23.5 Å². The summed E-state index contributed by atoms with van der Waals surface area (Å²) in [6, 6.07) is 0. The van der Waals surface area contributed by atoms with E-state index < -0.39 is 5.60 Å². The Labute approximate surface area is 121 Å². The van der Waals surface area contributed by atoms with Crippen molar-refractivity contribution in [3.8, 4) is 0 Å². The maximum Gasteiger partial charge on any atom is 0.180 e. The number of thioether (sulfide) groups is 2. The molecule has 0 aromatic carbocycles. The second-order valence-electron chi connectivity index (χ2n) is 5.45. The molecule has 0 heterocycles. The van der Waals surface area contributed by atoms with Crippen LogP contribution in [0.15, 0.2) is 12.2 Å². The number of hydrogen-bond donors (Lipinski definition) is 0. The van der Waals surface area contributed by atoms with Crippen molar-refractivity contribution in [1.29, 1.82) is 0 Å². The van der Waals surface area contributed by atoms with Crippen LogP contribution in [0.25, 0.3) is 0 Å². The molecular formula is C14H18O3S2. The van der Waals surface area contributed by atoms with Crippen molar-refractivity contribution in [1.82, 2.24) is 0 Å². The molecule has 3 aliphatic carbocycles. The molecule has 6 atom stereocenters. The molecule has 5 heteroatoms. The van der Waals surface area contributed by atoms with E-state index in [2.05, 4.69) is 12.2 Å². The fraction of sp³-hybridized carbons (Fsp3) is 0.714. The fourth-order valence-corrected chi connectivity index (χ4v) is 6.33. The fourth-order valence-electron chi connectivity index (χ4n) is 4.13. The van der Waals surface area contributed by atoms with Crippen LogP contribution >= 0.6 is 23.5 Å². The third kappa shape index (κ3) is 1.52. The largest absolute Gasteiger partial charge is 0.369 e. The lowest BCUT2D eigenvalue weighted by atomic mass is 9.67. The number of ketones is 2. The third-order valence-corrected chi connectivity index (χ3v) is 7.09. The Balaban J connectivity index is 2.11. The van der Waals surface area contributed by atoms with Crippen LogP contribution in [-0.2, 0) is 14.3 Å². The molecule has 3 rings (SSSR count). The predicted octanol–water partition coefficient (Wildman–Crippen LogP) is 1.81. The first-order valence-electron chi connectivity index (χ1n) is 6.49. The summed E-state index contributed by atoms with van der Waals surface area (Å²) in [6.45, 7) is 0. The summed E-state index contributed by atoms with van der Waals surface area (Å²) < 4.78 is 5.70. The molecule has 2 bridgehead atoms. The van der Waals surface area contributed by atoms with Gasteiger partial charge in [-0.25, -0.2) is 0 Å². The molecule has 104 valence electrons. The summed E-state index contributed by atoms with van der Waals surface area (Å²) in [5.41, 5.74) is -0.879. The summed E-state index contributed by atoms with van der Waals surface area (Å²) in [6.07, 6.45) is 8.90. The van der Waals surface area contributed by atoms with Gasteiger partial charge in [0.1, 0.15) is 5.60 Å². The van der Waals surface area contributed by atoms with Crippen LogP contribution < -0.4 is 0 Å². The smallest absolute Gasteiger partial charge is 0.180 e. The standard InChI is InChI=1S/C14H18O3S2/c1-17-14-8-5-4-7(6-8)9(14)10(15)11(18-2)12(19-3)13(14)16/h4-5,7-9,11-12H,6H2,1-3H3. The van der Waals surface area contributed by atoms with Crippen molar-refractivity contribution in [2.24, 2.45) is 17.8 Å². The summed E-state index contributed by atoms with van der Waals surface area (Å²) in [7, 11) is 1.59. The number of Topliss-reactive ketones (excluding diaryl/α,β-unsaturated/α-hetero) is 2. The molecule has 2 saturated carbocycles. The van der Waals surface area contributed by atoms with Gasteiger partial charge in [0.25, 0.3) is 0 Å². The van der Waals surface area contributed by atoms with Crippen LogP contribution in [0.2, 0.25) is 0 Å².